The highest BCUT2D eigenvalue weighted by atomic mass is 35.5. The first-order valence-electron chi connectivity index (χ1n) is 8.28. The molecule has 0 saturated carbocycles. The van der Waals surface area contributed by atoms with E-state index in [0.29, 0.717) is 33.3 Å². The van der Waals surface area contributed by atoms with E-state index in [0.717, 1.165) is 10.9 Å². The Morgan fingerprint density at radius 1 is 1.26 bits per heavy atom. The Balaban J connectivity index is 1.85. The number of fused-ring (bicyclic) bond motifs is 3. The van der Waals surface area contributed by atoms with Crippen LogP contribution >= 0.6 is 23.4 Å². The number of benzene rings is 2. The van der Waals surface area contributed by atoms with Gasteiger partial charge in [-0.25, -0.2) is 9.37 Å². The molecule has 0 aliphatic carbocycles. The Kier molecular flexibility index (Phi) is 4.76. The second-order valence-corrected chi connectivity index (χ2v) is 7.33. The highest BCUT2D eigenvalue weighted by Gasteiger charge is 2.16. The van der Waals surface area contributed by atoms with Crippen molar-refractivity contribution in [3.63, 3.8) is 0 Å². The molecule has 0 atom stereocenters. The summed E-state index contributed by atoms with van der Waals surface area (Å²) in [7, 11) is 0. The first kappa shape index (κ1) is 17.8. The van der Waals surface area contributed by atoms with Crippen LogP contribution in [-0.4, -0.2) is 14.5 Å². The van der Waals surface area contributed by atoms with E-state index in [9.17, 15) is 9.18 Å². The topological polar surface area (TPSA) is 50.7 Å². The van der Waals surface area contributed by atoms with Crippen molar-refractivity contribution in [3.8, 4) is 0 Å². The van der Waals surface area contributed by atoms with Crippen LogP contribution in [0.2, 0.25) is 5.02 Å². The number of nitrogens with one attached hydrogen (secondary N) is 1. The van der Waals surface area contributed by atoms with E-state index >= 15 is 0 Å². The number of hydrogen-bond acceptors (Lipinski definition) is 3. The fraction of sp³-hybridized carbons (Fsp3) is 0.100. The van der Waals surface area contributed by atoms with E-state index < -0.39 is 0 Å². The van der Waals surface area contributed by atoms with Crippen molar-refractivity contribution in [2.75, 3.05) is 0 Å². The molecule has 2 aromatic heterocycles. The number of halogens is 2. The molecule has 0 unspecified atom stereocenters. The lowest BCUT2D eigenvalue weighted by Gasteiger charge is -2.11. The van der Waals surface area contributed by atoms with Crippen LogP contribution in [0.4, 0.5) is 4.39 Å². The summed E-state index contributed by atoms with van der Waals surface area (Å²) in [5, 5.41) is 1.73. The molecular weight excluding hydrogens is 385 g/mol. The lowest BCUT2D eigenvalue weighted by atomic mass is 10.2. The van der Waals surface area contributed by atoms with Gasteiger partial charge in [-0.3, -0.25) is 9.36 Å². The van der Waals surface area contributed by atoms with Crippen LogP contribution in [0.25, 0.3) is 21.9 Å². The molecule has 27 heavy (non-hydrogen) atoms. The van der Waals surface area contributed by atoms with Gasteiger partial charge in [0, 0.05) is 33.8 Å². The zero-order valence-electron chi connectivity index (χ0n) is 14.2. The second-order valence-electron chi connectivity index (χ2n) is 5.98. The molecule has 0 saturated heterocycles. The van der Waals surface area contributed by atoms with Gasteiger partial charge in [0.25, 0.3) is 5.56 Å². The molecule has 0 bridgehead atoms. The lowest BCUT2D eigenvalue weighted by Crippen LogP contribution is -2.22. The normalized spacial score (nSPS) is 11.3. The van der Waals surface area contributed by atoms with Crippen LogP contribution in [0.3, 0.4) is 0 Å². The van der Waals surface area contributed by atoms with Gasteiger partial charge in [-0.1, -0.05) is 53.7 Å². The van der Waals surface area contributed by atoms with Crippen molar-refractivity contribution in [3.05, 3.63) is 81.9 Å². The fourth-order valence-electron chi connectivity index (χ4n) is 2.98. The molecule has 0 aliphatic heterocycles. The summed E-state index contributed by atoms with van der Waals surface area (Å²) in [5.41, 5.74) is 2.12. The molecule has 136 valence electrons. The minimum atomic E-state index is -0.374. The van der Waals surface area contributed by atoms with Crippen molar-refractivity contribution in [2.45, 2.75) is 17.5 Å². The number of rotatable bonds is 5. The zero-order valence-corrected chi connectivity index (χ0v) is 15.8. The monoisotopic (exact) mass is 399 g/mol. The summed E-state index contributed by atoms with van der Waals surface area (Å²) in [4.78, 5) is 20.8. The quantitative estimate of drug-likeness (QED) is 0.287. The van der Waals surface area contributed by atoms with Gasteiger partial charge in [0.15, 0.2) is 5.16 Å². The molecule has 0 fully saturated rings. The predicted octanol–water partition coefficient (Wildman–Crippen LogP) is 5.15. The fourth-order valence-corrected chi connectivity index (χ4v) is 4.33. The van der Waals surface area contributed by atoms with Gasteiger partial charge in [0.2, 0.25) is 0 Å². The molecule has 4 aromatic rings. The smallest absolute Gasteiger partial charge is 0.278 e. The summed E-state index contributed by atoms with van der Waals surface area (Å²) in [6.45, 7) is 4.03. The number of H-pyrrole nitrogens is 1. The van der Waals surface area contributed by atoms with E-state index in [4.69, 9.17) is 16.6 Å². The summed E-state index contributed by atoms with van der Waals surface area (Å²) in [6.07, 6.45) is 1.64. The maximum Gasteiger partial charge on any atom is 0.278 e. The van der Waals surface area contributed by atoms with Crippen LogP contribution < -0.4 is 5.56 Å². The minimum absolute atomic E-state index is 0.182. The van der Waals surface area contributed by atoms with Crippen molar-refractivity contribution < 1.29 is 4.39 Å². The van der Waals surface area contributed by atoms with Gasteiger partial charge in [-0.2, -0.15) is 0 Å². The average molecular weight is 400 g/mol. The third-order valence-electron chi connectivity index (χ3n) is 4.29. The molecule has 0 radical (unpaired) electrons. The highest BCUT2D eigenvalue weighted by Crippen LogP contribution is 2.29. The lowest BCUT2D eigenvalue weighted by molar-refractivity contribution is 0.617. The molecule has 1 N–H and O–H groups in total. The first-order chi connectivity index (χ1) is 13.1. The minimum Gasteiger partial charge on any atom is -0.349 e. The first-order valence-corrected chi connectivity index (χ1v) is 9.64. The number of allylic oxidation sites excluding steroid dienone is 1. The van der Waals surface area contributed by atoms with Crippen molar-refractivity contribution >= 4 is 45.3 Å². The van der Waals surface area contributed by atoms with Crippen LogP contribution in [0.15, 0.2) is 65.1 Å². The predicted molar refractivity (Wildman–Crippen MR) is 109 cm³/mol. The number of aromatic amines is 1. The largest absolute Gasteiger partial charge is 0.349 e. The molecule has 0 aliphatic rings. The van der Waals surface area contributed by atoms with E-state index in [1.165, 1.54) is 22.4 Å². The van der Waals surface area contributed by atoms with Gasteiger partial charge in [-0.15, -0.1) is 6.58 Å². The van der Waals surface area contributed by atoms with E-state index in [1.54, 1.807) is 18.2 Å². The maximum atomic E-state index is 14.1. The highest BCUT2D eigenvalue weighted by molar-refractivity contribution is 7.98. The summed E-state index contributed by atoms with van der Waals surface area (Å²) >= 11 is 7.40. The van der Waals surface area contributed by atoms with Gasteiger partial charge in [0.05, 0.1) is 0 Å². The van der Waals surface area contributed by atoms with Gasteiger partial charge < -0.3 is 4.98 Å². The van der Waals surface area contributed by atoms with Crippen molar-refractivity contribution in [1.29, 1.82) is 0 Å². The van der Waals surface area contributed by atoms with E-state index in [2.05, 4.69) is 11.6 Å². The molecule has 0 amide bonds. The Morgan fingerprint density at radius 2 is 2.07 bits per heavy atom. The SMILES string of the molecule is C=CCn1c(SCc2c(F)cccc2Cl)nc2c([nH]c3ccccc32)c1=O. The second kappa shape index (κ2) is 7.21. The Morgan fingerprint density at radius 3 is 2.85 bits per heavy atom. The molecular formula is C20H15ClFN3OS. The summed E-state index contributed by atoms with van der Waals surface area (Å²) in [5.74, 6) is -0.107. The number of aromatic nitrogens is 3. The zero-order chi connectivity index (χ0) is 19.0. The maximum absolute atomic E-state index is 14.1. The molecule has 2 aromatic carbocycles. The van der Waals surface area contributed by atoms with Gasteiger partial charge >= 0.3 is 0 Å². The summed E-state index contributed by atoms with van der Waals surface area (Å²) in [6, 6.07) is 12.2. The molecule has 7 heteroatoms. The standard InChI is InChI=1S/C20H15ClFN3OS/c1-2-10-25-19(26)18-17(12-6-3-4-9-16(12)23-18)24-20(25)27-11-13-14(21)7-5-8-15(13)22/h2-9,23H,1,10-11H2. The number of nitrogens with zero attached hydrogens (tertiary/aromatic N) is 2. The van der Waals surface area contributed by atoms with E-state index in [-0.39, 0.29) is 17.1 Å². The Bertz CT molecular complexity index is 1210. The number of hydrogen-bond donors (Lipinski definition) is 1. The van der Waals surface area contributed by atoms with E-state index in [1.807, 2.05) is 24.3 Å². The Hall–Kier alpha value is -2.57. The number of thioether (sulfide) groups is 1. The molecule has 0 spiro atoms. The van der Waals surface area contributed by atoms with Crippen LogP contribution in [0.5, 0.6) is 0 Å². The van der Waals surface area contributed by atoms with Crippen LogP contribution in [0, 0.1) is 5.82 Å². The van der Waals surface area contributed by atoms with Crippen molar-refractivity contribution in [1.82, 2.24) is 14.5 Å². The molecule has 4 nitrogen and oxygen atoms in total. The third-order valence-corrected chi connectivity index (χ3v) is 5.65. The molecule has 4 rings (SSSR count). The van der Waals surface area contributed by atoms with Crippen molar-refractivity contribution in [2.24, 2.45) is 0 Å². The number of para-hydroxylation sites is 1. The average Bonchev–Trinajstić information content (AvgIpc) is 3.03. The van der Waals surface area contributed by atoms with Crippen LogP contribution in [0.1, 0.15) is 5.56 Å². The third kappa shape index (κ3) is 3.15. The molecule has 2 heterocycles. The van der Waals surface area contributed by atoms with Gasteiger partial charge in [-0.05, 0) is 18.2 Å². The van der Waals surface area contributed by atoms with Gasteiger partial charge in [0.1, 0.15) is 16.9 Å². The Labute approximate surface area is 163 Å². The summed E-state index contributed by atoms with van der Waals surface area (Å²) < 4.78 is 15.6. The van der Waals surface area contributed by atoms with Crippen LogP contribution in [-0.2, 0) is 12.3 Å².